The van der Waals surface area contributed by atoms with E-state index in [2.05, 4.69) is 0 Å². The maximum Gasteiger partial charge on any atom is 0.203 e. The molecule has 1 aliphatic heterocycles. The van der Waals surface area contributed by atoms with Gasteiger partial charge in [-0.15, -0.1) is 0 Å². The molecule has 6 heteroatoms. The van der Waals surface area contributed by atoms with Crippen molar-refractivity contribution in [3.05, 3.63) is 47.7 Å². The average Bonchev–Trinajstić information content (AvgIpc) is 3.13. The summed E-state index contributed by atoms with van der Waals surface area (Å²) in [6.07, 6.45) is 1.59. The highest BCUT2D eigenvalue weighted by Crippen LogP contribution is 2.42. The van der Waals surface area contributed by atoms with Crippen LogP contribution in [0, 0.1) is 0 Å². The minimum Gasteiger partial charge on any atom is -0.493 e. The minimum atomic E-state index is -0.458. The number of benzene rings is 2. The molecule has 26 heavy (non-hydrogen) atoms. The zero-order chi connectivity index (χ0) is 18.3. The van der Waals surface area contributed by atoms with Gasteiger partial charge < -0.3 is 23.4 Å². The first kappa shape index (κ1) is 16.3. The Balaban J connectivity index is 1.78. The van der Waals surface area contributed by atoms with Gasteiger partial charge in [0.25, 0.3) is 0 Å². The first-order valence-electron chi connectivity index (χ1n) is 8.14. The second kappa shape index (κ2) is 6.29. The summed E-state index contributed by atoms with van der Waals surface area (Å²) in [5.74, 6) is 1.57. The highest BCUT2D eigenvalue weighted by molar-refractivity contribution is 6.06. The molecule has 0 fully saturated rings. The Hall–Kier alpha value is -3.15. The molecule has 0 radical (unpaired) electrons. The number of rotatable bonds is 4. The Morgan fingerprint density at radius 1 is 1.00 bits per heavy atom. The Morgan fingerprint density at radius 3 is 2.38 bits per heavy atom. The lowest BCUT2D eigenvalue weighted by atomic mass is 9.88. The molecule has 0 aliphatic carbocycles. The van der Waals surface area contributed by atoms with Crippen LogP contribution in [0.1, 0.15) is 21.8 Å². The summed E-state index contributed by atoms with van der Waals surface area (Å²) < 4.78 is 27.4. The minimum absolute atomic E-state index is 0.0105. The van der Waals surface area contributed by atoms with Gasteiger partial charge in [-0.05, 0) is 29.8 Å². The van der Waals surface area contributed by atoms with Gasteiger partial charge in [0.15, 0.2) is 17.3 Å². The highest BCUT2D eigenvalue weighted by atomic mass is 16.5. The van der Waals surface area contributed by atoms with Crippen LogP contribution < -0.4 is 18.9 Å². The van der Waals surface area contributed by atoms with Crippen LogP contribution in [0.25, 0.3) is 11.0 Å². The van der Waals surface area contributed by atoms with E-state index >= 15 is 0 Å². The molecule has 3 aromatic rings. The van der Waals surface area contributed by atoms with E-state index in [0.29, 0.717) is 34.1 Å². The van der Waals surface area contributed by atoms with E-state index < -0.39 is 5.92 Å². The molecule has 2 aromatic carbocycles. The number of fused-ring (bicyclic) bond motifs is 2. The zero-order valence-corrected chi connectivity index (χ0v) is 14.7. The van der Waals surface area contributed by atoms with E-state index in [-0.39, 0.29) is 12.4 Å². The monoisotopic (exact) mass is 354 g/mol. The molecule has 0 spiro atoms. The molecule has 6 nitrogen and oxygen atoms in total. The van der Waals surface area contributed by atoms with Gasteiger partial charge in [-0.3, -0.25) is 4.79 Å². The molecular weight excluding hydrogens is 336 g/mol. The number of furan rings is 1. The summed E-state index contributed by atoms with van der Waals surface area (Å²) in [4.78, 5) is 13.1. The van der Waals surface area contributed by atoms with Gasteiger partial charge in [0.1, 0.15) is 17.9 Å². The van der Waals surface area contributed by atoms with E-state index in [1.54, 1.807) is 51.9 Å². The van der Waals surface area contributed by atoms with E-state index in [9.17, 15) is 4.79 Å². The molecule has 4 rings (SSSR count). The van der Waals surface area contributed by atoms with Gasteiger partial charge in [0.05, 0.1) is 39.1 Å². The largest absolute Gasteiger partial charge is 0.493 e. The number of ketones is 1. The summed E-state index contributed by atoms with van der Waals surface area (Å²) in [6.45, 7) is 0.233. The van der Waals surface area contributed by atoms with Crippen molar-refractivity contribution in [3.63, 3.8) is 0 Å². The van der Waals surface area contributed by atoms with E-state index in [1.807, 2.05) is 6.07 Å². The number of methoxy groups -OCH3 is 3. The Kier molecular flexibility index (Phi) is 3.95. The molecule has 0 bridgehead atoms. The van der Waals surface area contributed by atoms with Crippen molar-refractivity contribution in [1.82, 2.24) is 0 Å². The molecule has 1 aromatic heterocycles. The van der Waals surface area contributed by atoms with Crippen LogP contribution in [0.4, 0.5) is 0 Å². The SMILES string of the molecule is COc1cc(C2COc3cc4occc4cc3C2=O)cc(OC)c1OC. The molecule has 2 heterocycles. The molecule has 1 unspecified atom stereocenters. The average molecular weight is 354 g/mol. The van der Waals surface area contributed by atoms with Crippen LogP contribution in [0.5, 0.6) is 23.0 Å². The van der Waals surface area contributed by atoms with Crippen LogP contribution in [-0.4, -0.2) is 33.7 Å². The maximum atomic E-state index is 13.1. The van der Waals surface area contributed by atoms with Crippen LogP contribution in [0.3, 0.4) is 0 Å². The summed E-state index contributed by atoms with van der Waals surface area (Å²) in [6, 6.07) is 8.96. The topological polar surface area (TPSA) is 67.1 Å². The Bertz CT molecular complexity index is 962. The molecule has 134 valence electrons. The van der Waals surface area contributed by atoms with Crippen molar-refractivity contribution in [2.24, 2.45) is 0 Å². The molecule has 0 saturated carbocycles. The lowest BCUT2D eigenvalue weighted by Crippen LogP contribution is -2.26. The third-order valence-corrected chi connectivity index (χ3v) is 4.63. The fourth-order valence-electron chi connectivity index (χ4n) is 3.29. The van der Waals surface area contributed by atoms with Crippen molar-refractivity contribution in [3.8, 4) is 23.0 Å². The lowest BCUT2D eigenvalue weighted by molar-refractivity contribution is 0.0896. The van der Waals surface area contributed by atoms with Gasteiger partial charge in [-0.25, -0.2) is 0 Å². The van der Waals surface area contributed by atoms with Crippen molar-refractivity contribution in [2.45, 2.75) is 5.92 Å². The van der Waals surface area contributed by atoms with Crippen molar-refractivity contribution in [2.75, 3.05) is 27.9 Å². The van der Waals surface area contributed by atoms with Crippen LogP contribution >= 0.6 is 0 Å². The normalized spacial score (nSPS) is 16.1. The Labute approximate surface area is 150 Å². The van der Waals surface area contributed by atoms with Crippen LogP contribution in [-0.2, 0) is 0 Å². The number of hydrogen-bond acceptors (Lipinski definition) is 6. The van der Waals surface area contributed by atoms with Crippen molar-refractivity contribution in [1.29, 1.82) is 0 Å². The predicted octanol–water partition coefficient (Wildman–Crippen LogP) is 3.82. The fraction of sp³-hybridized carbons (Fsp3) is 0.250. The molecule has 0 N–H and O–H groups in total. The first-order chi connectivity index (χ1) is 12.7. The standard InChI is InChI=1S/C20H18O6/c1-22-17-7-12(8-18(23-2)20(17)24-3)14-10-26-16-9-15-11(4-5-25-15)6-13(16)19(14)21/h4-9,14H,10H2,1-3H3. The van der Waals surface area contributed by atoms with Crippen LogP contribution in [0.2, 0.25) is 0 Å². The van der Waals surface area contributed by atoms with Gasteiger partial charge in [0, 0.05) is 11.5 Å². The lowest BCUT2D eigenvalue weighted by Gasteiger charge is -2.25. The summed E-state index contributed by atoms with van der Waals surface area (Å²) in [5.41, 5.74) is 1.99. The summed E-state index contributed by atoms with van der Waals surface area (Å²) >= 11 is 0. The van der Waals surface area contributed by atoms with Gasteiger partial charge in [0.2, 0.25) is 5.75 Å². The smallest absolute Gasteiger partial charge is 0.203 e. The molecule has 1 aliphatic rings. The molecular formula is C20H18O6. The summed E-state index contributed by atoms with van der Waals surface area (Å²) in [7, 11) is 4.64. The number of Topliss-reactive ketones (excluding diaryl/α,β-unsaturated/α-hetero) is 1. The van der Waals surface area contributed by atoms with E-state index in [4.69, 9.17) is 23.4 Å². The van der Waals surface area contributed by atoms with Gasteiger partial charge in [-0.2, -0.15) is 0 Å². The second-order valence-corrected chi connectivity index (χ2v) is 5.99. The van der Waals surface area contributed by atoms with Crippen LogP contribution in [0.15, 0.2) is 41.0 Å². The maximum absolute atomic E-state index is 13.1. The molecule has 1 atom stereocenters. The second-order valence-electron chi connectivity index (χ2n) is 5.99. The van der Waals surface area contributed by atoms with E-state index in [1.165, 1.54) is 0 Å². The van der Waals surface area contributed by atoms with Crippen molar-refractivity contribution >= 4 is 16.8 Å². The van der Waals surface area contributed by atoms with Gasteiger partial charge >= 0.3 is 0 Å². The van der Waals surface area contributed by atoms with Crippen molar-refractivity contribution < 1.29 is 28.2 Å². The number of carbonyl (C=O) groups is 1. The fourth-order valence-corrected chi connectivity index (χ4v) is 3.29. The Morgan fingerprint density at radius 2 is 1.73 bits per heavy atom. The molecule has 0 amide bonds. The number of hydrogen-bond donors (Lipinski definition) is 0. The number of carbonyl (C=O) groups excluding carboxylic acids is 1. The zero-order valence-electron chi connectivity index (χ0n) is 14.7. The first-order valence-corrected chi connectivity index (χ1v) is 8.14. The number of ether oxygens (including phenoxy) is 4. The molecule has 0 saturated heterocycles. The van der Waals surface area contributed by atoms with Gasteiger partial charge in [-0.1, -0.05) is 0 Å². The highest BCUT2D eigenvalue weighted by Gasteiger charge is 2.32. The predicted molar refractivity (Wildman–Crippen MR) is 94.9 cm³/mol. The van der Waals surface area contributed by atoms with E-state index in [0.717, 1.165) is 10.9 Å². The quantitative estimate of drug-likeness (QED) is 0.710. The third-order valence-electron chi connectivity index (χ3n) is 4.63. The summed E-state index contributed by atoms with van der Waals surface area (Å²) in [5, 5.41) is 0.867. The third kappa shape index (κ3) is 2.45.